The predicted octanol–water partition coefficient (Wildman–Crippen LogP) is 9.35. The Kier molecular flexibility index (Phi) is 14.9. The van der Waals surface area contributed by atoms with E-state index in [4.69, 9.17) is 28.4 Å². The van der Waals surface area contributed by atoms with Crippen molar-refractivity contribution in [1.29, 1.82) is 0 Å². The summed E-state index contributed by atoms with van der Waals surface area (Å²) >= 11 is 1.83. The number of aromatic nitrogens is 1. The lowest BCUT2D eigenvalue weighted by atomic mass is 10.00. The molecule has 9 nitrogen and oxygen atoms in total. The van der Waals surface area contributed by atoms with Gasteiger partial charge in [-0.15, -0.1) is 36.2 Å². The summed E-state index contributed by atoms with van der Waals surface area (Å²) < 4.78 is 33.4. The summed E-state index contributed by atoms with van der Waals surface area (Å²) in [5.41, 5.74) is 7.73. The van der Waals surface area contributed by atoms with Gasteiger partial charge in [0.1, 0.15) is 0 Å². The number of pyridine rings is 1. The summed E-state index contributed by atoms with van der Waals surface area (Å²) in [6, 6.07) is 23.6. The lowest BCUT2D eigenvalue weighted by Gasteiger charge is -2.39. The van der Waals surface area contributed by atoms with Gasteiger partial charge in [0.25, 0.3) is 0 Å². The van der Waals surface area contributed by atoms with Crippen LogP contribution >= 0.6 is 36.2 Å². The Bertz CT molecular complexity index is 1880. The molecular weight excluding hydrogens is 733 g/mol. The molecule has 0 atom stereocenters. The molecule has 6 rings (SSSR count). The minimum atomic E-state index is 0. The number of thiophene rings is 1. The molecule has 5 aromatic rings. The normalized spacial score (nSPS) is 13.0. The van der Waals surface area contributed by atoms with Crippen molar-refractivity contribution in [3.63, 3.8) is 0 Å². The molecule has 0 bridgehead atoms. The van der Waals surface area contributed by atoms with Gasteiger partial charge < -0.3 is 33.3 Å². The van der Waals surface area contributed by atoms with Crippen molar-refractivity contribution < 1.29 is 28.4 Å². The van der Waals surface area contributed by atoms with Gasteiger partial charge in [-0.25, -0.2) is 0 Å². The summed E-state index contributed by atoms with van der Waals surface area (Å²) in [4.78, 5) is 9.85. The average Bonchev–Trinajstić information content (AvgIpc) is 3.61. The number of likely N-dealkylation sites (tertiary alicyclic amines) is 1. The number of ether oxygens (including phenoxy) is 6. The summed E-state index contributed by atoms with van der Waals surface area (Å²) in [6.07, 6.45) is 4.06. The first-order valence-corrected chi connectivity index (χ1v) is 17.9. The van der Waals surface area contributed by atoms with E-state index in [1.807, 2.05) is 41.8 Å². The van der Waals surface area contributed by atoms with E-state index in [0.717, 1.165) is 61.4 Å². The van der Waals surface area contributed by atoms with Crippen LogP contribution in [0, 0.1) is 6.92 Å². The Morgan fingerprint density at radius 3 is 1.70 bits per heavy atom. The van der Waals surface area contributed by atoms with Crippen molar-refractivity contribution in [2.45, 2.75) is 38.9 Å². The molecule has 0 N–H and O–H groups in total. The van der Waals surface area contributed by atoms with E-state index in [2.05, 4.69) is 69.6 Å². The van der Waals surface area contributed by atoms with Crippen molar-refractivity contribution in [2.24, 2.45) is 0 Å². The molecule has 1 fully saturated rings. The molecule has 284 valence electrons. The van der Waals surface area contributed by atoms with Gasteiger partial charge in [0, 0.05) is 44.0 Å². The molecule has 3 heterocycles. The zero-order valence-electron chi connectivity index (χ0n) is 31.3. The lowest BCUT2D eigenvalue weighted by molar-refractivity contribution is 0.201. The Morgan fingerprint density at radius 2 is 1.21 bits per heavy atom. The van der Waals surface area contributed by atoms with Crippen molar-refractivity contribution >= 4 is 41.2 Å². The second-order valence-electron chi connectivity index (χ2n) is 12.6. The molecule has 53 heavy (non-hydrogen) atoms. The maximum Gasteiger partial charge on any atom is 0.203 e. The number of nitrogens with zero attached hydrogens (tertiary/aromatic N) is 3. The second kappa shape index (κ2) is 19.1. The van der Waals surface area contributed by atoms with E-state index in [9.17, 15) is 0 Å². The first kappa shape index (κ1) is 41.4. The Labute approximate surface area is 329 Å². The molecule has 1 aliphatic rings. The van der Waals surface area contributed by atoms with Crippen molar-refractivity contribution in [3.05, 3.63) is 95.0 Å². The summed E-state index contributed by atoms with van der Waals surface area (Å²) in [5.74, 6) is 3.67. The third-order valence-electron chi connectivity index (χ3n) is 9.59. The number of methoxy groups -OCH3 is 6. The van der Waals surface area contributed by atoms with Crippen LogP contribution in [0.15, 0.2) is 78.3 Å². The van der Waals surface area contributed by atoms with Crippen LogP contribution in [0.5, 0.6) is 34.5 Å². The molecule has 2 aromatic heterocycles. The van der Waals surface area contributed by atoms with Crippen LogP contribution < -0.4 is 33.3 Å². The number of halogens is 2. The number of piperidine rings is 1. The van der Waals surface area contributed by atoms with E-state index in [-0.39, 0.29) is 24.8 Å². The minimum absolute atomic E-state index is 0. The number of aryl methyl sites for hydroxylation is 1. The van der Waals surface area contributed by atoms with Crippen LogP contribution in [0.2, 0.25) is 0 Å². The van der Waals surface area contributed by atoms with E-state index in [1.54, 1.807) is 42.7 Å². The molecule has 1 aliphatic heterocycles. The highest BCUT2D eigenvalue weighted by atomic mass is 35.5. The number of anilines is 1. The summed E-state index contributed by atoms with van der Waals surface area (Å²) in [5, 5.41) is 3.56. The Morgan fingerprint density at radius 1 is 0.660 bits per heavy atom. The zero-order chi connectivity index (χ0) is 35.9. The Hall–Kier alpha value is -4.35. The highest BCUT2D eigenvalue weighted by Crippen LogP contribution is 2.42. The fourth-order valence-corrected chi connectivity index (χ4v) is 7.88. The van der Waals surface area contributed by atoms with Gasteiger partial charge in [-0.1, -0.05) is 24.3 Å². The molecule has 0 amide bonds. The predicted molar refractivity (Wildman–Crippen MR) is 219 cm³/mol. The van der Waals surface area contributed by atoms with Gasteiger partial charge >= 0.3 is 0 Å². The molecule has 0 unspecified atom stereocenters. The number of benzene rings is 3. The van der Waals surface area contributed by atoms with Crippen molar-refractivity contribution in [1.82, 2.24) is 9.88 Å². The fraction of sp³-hybridized carbons (Fsp3) is 0.341. The minimum Gasteiger partial charge on any atom is -0.493 e. The molecule has 0 saturated carbocycles. The molecule has 1 saturated heterocycles. The van der Waals surface area contributed by atoms with Gasteiger partial charge in [-0.3, -0.25) is 9.88 Å². The zero-order valence-corrected chi connectivity index (χ0v) is 33.8. The molecule has 0 spiro atoms. The smallest absolute Gasteiger partial charge is 0.203 e. The first-order valence-electron chi connectivity index (χ1n) is 17.1. The lowest BCUT2D eigenvalue weighted by Crippen LogP contribution is -2.44. The highest BCUT2D eigenvalue weighted by Gasteiger charge is 2.27. The van der Waals surface area contributed by atoms with E-state index in [0.29, 0.717) is 40.5 Å². The second-order valence-corrected chi connectivity index (χ2v) is 13.5. The number of rotatable bonds is 14. The van der Waals surface area contributed by atoms with Crippen LogP contribution in [0.25, 0.3) is 22.4 Å². The first-order chi connectivity index (χ1) is 24.9. The molecular formula is C41H49Cl2N3O6S. The van der Waals surface area contributed by atoms with Crippen LogP contribution in [0.3, 0.4) is 0 Å². The number of hydrogen-bond donors (Lipinski definition) is 0. The largest absolute Gasteiger partial charge is 0.493 e. The van der Waals surface area contributed by atoms with Gasteiger partial charge in [-0.2, -0.15) is 0 Å². The monoisotopic (exact) mass is 781 g/mol. The summed E-state index contributed by atoms with van der Waals surface area (Å²) in [7, 11) is 9.78. The average molecular weight is 783 g/mol. The fourth-order valence-electron chi connectivity index (χ4n) is 6.88. The molecule has 3 aromatic carbocycles. The van der Waals surface area contributed by atoms with Gasteiger partial charge in [0.2, 0.25) is 11.5 Å². The van der Waals surface area contributed by atoms with E-state index >= 15 is 0 Å². The standard InChI is InChI=1S/C41H47N3O6S.2ClH/c1-27-15-19-51-41(27)44(26-28-8-10-30(11-9-28)31-21-35(45-2)39(49-6)36(22-31)46-3)33-13-17-43(18-14-33)25-29-12-16-42-34(20-29)32-23-37(47-4)40(50-7)38(24-32)48-5;;/h8-12,15-16,19-24,33H,13-14,17-18,25-26H2,1-7H3;2*1H. The van der Waals surface area contributed by atoms with E-state index < -0.39 is 0 Å². The maximum atomic E-state index is 5.59. The highest BCUT2D eigenvalue weighted by molar-refractivity contribution is 7.14. The SMILES string of the molecule is COc1cc(-c2ccc(CN(c3sccc3C)C3CCN(Cc4ccnc(-c5cc(OC)c(OC)c(OC)c5)c4)CC3)cc2)cc(OC)c1OC.Cl.Cl. The van der Waals surface area contributed by atoms with Gasteiger partial charge in [0.15, 0.2) is 23.0 Å². The van der Waals surface area contributed by atoms with Crippen LogP contribution in [-0.2, 0) is 13.1 Å². The van der Waals surface area contributed by atoms with Crippen LogP contribution in [0.1, 0.15) is 29.5 Å². The third kappa shape index (κ3) is 9.24. The van der Waals surface area contributed by atoms with Crippen molar-refractivity contribution in [3.8, 4) is 56.9 Å². The maximum absolute atomic E-state index is 5.59. The van der Waals surface area contributed by atoms with Gasteiger partial charge in [-0.05, 0) is 95.4 Å². The molecule has 12 heteroatoms. The molecule has 0 radical (unpaired) electrons. The third-order valence-corrected chi connectivity index (χ3v) is 10.6. The molecule has 0 aliphatic carbocycles. The van der Waals surface area contributed by atoms with E-state index in [1.165, 1.54) is 21.7 Å². The number of hydrogen-bond acceptors (Lipinski definition) is 10. The Balaban J connectivity index is 0.00000314. The quantitative estimate of drug-likeness (QED) is 0.110. The summed E-state index contributed by atoms with van der Waals surface area (Å²) in [6.45, 7) is 5.98. The topological polar surface area (TPSA) is 74.8 Å². The van der Waals surface area contributed by atoms with Crippen molar-refractivity contribution in [2.75, 3.05) is 60.6 Å². The van der Waals surface area contributed by atoms with Crippen LogP contribution in [-0.4, -0.2) is 71.7 Å². The van der Waals surface area contributed by atoms with Gasteiger partial charge in [0.05, 0.1) is 53.4 Å². The van der Waals surface area contributed by atoms with Crippen LogP contribution in [0.4, 0.5) is 5.00 Å².